The first kappa shape index (κ1) is 22.3. The summed E-state index contributed by atoms with van der Waals surface area (Å²) in [6.07, 6.45) is 2.75. The summed E-state index contributed by atoms with van der Waals surface area (Å²) in [5.74, 6) is -0.393. The molecular formula is C21H25N3O4S2. The van der Waals surface area contributed by atoms with Crippen LogP contribution in [0.15, 0.2) is 58.3 Å². The van der Waals surface area contributed by atoms with Gasteiger partial charge in [0.1, 0.15) is 0 Å². The first-order valence-electron chi connectivity index (χ1n) is 9.68. The molecule has 1 fully saturated rings. The molecule has 0 spiro atoms. The van der Waals surface area contributed by atoms with Gasteiger partial charge in [0.15, 0.2) is 0 Å². The van der Waals surface area contributed by atoms with E-state index in [2.05, 4.69) is 5.32 Å². The topological polar surface area (TPSA) is 86.8 Å². The van der Waals surface area contributed by atoms with Crippen LogP contribution in [0.5, 0.6) is 0 Å². The van der Waals surface area contributed by atoms with Gasteiger partial charge in [0.25, 0.3) is 11.1 Å². The molecule has 0 aliphatic carbocycles. The van der Waals surface area contributed by atoms with Crippen LogP contribution < -0.4 is 5.32 Å². The van der Waals surface area contributed by atoms with E-state index < -0.39 is 15.9 Å². The van der Waals surface area contributed by atoms with Crippen molar-refractivity contribution >= 4 is 38.6 Å². The van der Waals surface area contributed by atoms with Crippen molar-refractivity contribution in [3.8, 4) is 0 Å². The van der Waals surface area contributed by atoms with Gasteiger partial charge in [-0.05, 0) is 67.1 Å². The number of hydrogen-bond acceptors (Lipinski definition) is 5. The van der Waals surface area contributed by atoms with Gasteiger partial charge in [-0.15, -0.1) is 0 Å². The Hall–Kier alpha value is -2.36. The summed E-state index contributed by atoms with van der Waals surface area (Å²) < 4.78 is 27.2. The van der Waals surface area contributed by atoms with Gasteiger partial charge in [-0.2, -0.15) is 4.31 Å². The molecule has 0 radical (unpaired) electrons. The molecule has 1 aliphatic rings. The Labute approximate surface area is 181 Å². The van der Waals surface area contributed by atoms with Crippen molar-refractivity contribution in [3.05, 3.63) is 54.1 Å². The Balaban J connectivity index is 1.70. The standard InChI is InChI=1S/C21H25N3O4S2/c1-23(2)21(26)29-18-11-9-17(10-12-18)22-20(25)16-7-6-8-19(15-16)30(27,28)24-13-4-3-5-14-24/h6-12,15H,3-5,13-14H2,1-2H3,(H,22,25). The summed E-state index contributed by atoms with van der Waals surface area (Å²) in [6, 6.07) is 13.0. The Morgan fingerprint density at radius 3 is 2.30 bits per heavy atom. The van der Waals surface area contributed by atoms with Gasteiger partial charge in [-0.25, -0.2) is 8.42 Å². The lowest BCUT2D eigenvalue weighted by atomic mass is 10.2. The summed E-state index contributed by atoms with van der Waals surface area (Å²) in [4.78, 5) is 26.8. The van der Waals surface area contributed by atoms with Gasteiger partial charge in [-0.3, -0.25) is 9.59 Å². The predicted molar refractivity (Wildman–Crippen MR) is 118 cm³/mol. The molecule has 0 unspecified atom stereocenters. The molecule has 1 aliphatic heterocycles. The lowest BCUT2D eigenvalue weighted by Gasteiger charge is -2.26. The largest absolute Gasteiger partial charge is 0.339 e. The summed E-state index contributed by atoms with van der Waals surface area (Å²) in [5.41, 5.74) is 0.834. The number of nitrogens with one attached hydrogen (secondary N) is 1. The maximum absolute atomic E-state index is 12.9. The van der Waals surface area contributed by atoms with Crippen LogP contribution in [0.1, 0.15) is 29.6 Å². The number of sulfonamides is 1. The minimum atomic E-state index is -3.60. The maximum Gasteiger partial charge on any atom is 0.285 e. The number of carbonyl (C=O) groups excluding carboxylic acids is 2. The second kappa shape index (κ2) is 9.63. The third kappa shape index (κ3) is 5.41. The molecule has 30 heavy (non-hydrogen) atoms. The van der Waals surface area contributed by atoms with Gasteiger partial charge in [0.2, 0.25) is 10.0 Å². The highest BCUT2D eigenvalue weighted by Gasteiger charge is 2.26. The first-order chi connectivity index (χ1) is 14.3. The average Bonchev–Trinajstić information content (AvgIpc) is 2.75. The third-order valence-electron chi connectivity index (χ3n) is 4.73. The maximum atomic E-state index is 12.9. The van der Waals surface area contributed by atoms with Crippen molar-refractivity contribution in [1.82, 2.24) is 9.21 Å². The van der Waals surface area contributed by atoms with E-state index in [1.165, 1.54) is 21.3 Å². The van der Waals surface area contributed by atoms with Crippen LogP contribution in [0, 0.1) is 0 Å². The van der Waals surface area contributed by atoms with Gasteiger partial charge in [0, 0.05) is 43.3 Å². The fraction of sp³-hybridized carbons (Fsp3) is 0.333. The van der Waals surface area contributed by atoms with E-state index in [-0.39, 0.29) is 15.7 Å². The van der Waals surface area contributed by atoms with Crippen LogP contribution in [0.25, 0.3) is 0 Å². The van der Waals surface area contributed by atoms with Gasteiger partial charge in [0.05, 0.1) is 4.90 Å². The molecule has 0 aromatic heterocycles. The molecule has 9 heteroatoms. The second-order valence-corrected chi connectivity index (χ2v) is 10.2. The van der Waals surface area contributed by atoms with Crippen molar-refractivity contribution in [2.45, 2.75) is 29.1 Å². The van der Waals surface area contributed by atoms with Crippen molar-refractivity contribution < 1.29 is 18.0 Å². The summed E-state index contributed by atoms with van der Waals surface area (Å²) in [5, 5.41) is 2.68. The zero-order valence-electron chi connectivity index (χ0n) is 17.0. The molecular weight excluding hydrogens is 422 g/mol. The Kier molecular flexibility index (Phi) is 7.17. The zero-order valence-corrected chi connectivity index (χ0v) is 18.6. The highest BCUT2D eigenvalue weighted by atomic mass is 32.2. The Morgan fingerprint density at radius 2 is 1.67 bits per heavy atom. The van der Waals surface area contributed by atoms with Crippen molar-refractivity contribution in [1.29, 1.82) is 0 Å². The molecule has 2 aromatic rings. The van der Waals surface area contributed by atoms with Crippen molar-refractivity contribution in [3.63, 3.8) is 0 Å². The van der Waals surface area contributed by atoms with E-state index in [1.54, 1.807) is 50.5 Å². The Morgan fingerprint density at radius 1 is 1.00 bits per heavy atom. The number of nitrogens with zero attached hydrogens (tertiary/aromatic N) is 2. The number of benzene rings is 2. The average molecular weight is 448 g/mol. The van der Waals surface area contributed by atoms with Crippen LogP contribution in [0.4, 0.5) is 10.5 Å². The fourth-order valence-corrected chi connectivity index (χ4v) is 5.27. The molecule has 160 valence electrons. The van der Waals surface area contributed by atoms with E-state index >= 15 is 0 Å². The molecule has 1 saturated heterocycles. The summed E-state index contributed by atoms with van der Waals surface area (Å²) in [7, 11) is -0.232. The predicted octanol–water partition coefficient (Wildman–Crippen LogP) is 3.89. The van der Waals surface area contributed by atoms with Crippen LogP contribution in [-0.2, 0) is 10.0 Å². The highest BCUT2D eigenvalue weighted by Crippen LogP contribution is 2.24. The molecule has 2 amide bonds. The zero-order chi connectivity index (χ0) is 21.7. The van der Waals surface area contributed by atoms with E-state index in [0.29, 0.717) is 18.8 Å². The van der Waals surface area contributed by atoms with Gasteiger partial charge < -0.3 is 10.2 Å². The van der Waals surface area contributed by atoms with Crippen LogP contribution in [-0.4, -0.2) is 56.0 Å². The number of anilines is 1. The monoisotopic (exact) mass is 447 g/mol. The molecule has 1 N–H and O–H groups in total. The lowest BCUT2D eigenvalue weighted by molar-refractivity contribution is 0.102. The number of rotatable bonds is 5. The number of hydrogen-bond donors (Lipinski definition) is 1. The quantitative estimate of drug-likeness (QED) is 0.703. The van der Waals surface area contributed by atoms with Crippen molar-refractivity contribution in [2.24, 2.45) is 0 Å². The molecule has 0 atom stereocenters. The SMILES string of the molecule is CN(C)C(=O)Sc1ccc(NC(=O)c2cccc(S(=O)(=O)N3CCCCC3)c2)cc1. The van der Waals surface area contributed by atoms with E-state index in [0.717, 1.165) is 35.9 Å². The highest BCUT2D eigenvalue weighted by molar-refractivity contribution is 8.13. The second-order valence-electron chi connectivity index (χ2n) is 7.23. The molecule has 3 rings (SSSR count). The molecule has 0 saturated carbocycles. The van der Waals surface area contributed by atoms with Gasteiger partial charge >= 0.3 is 0 Å². The van der Waals surface area contributed by atoms with E-state index in [1.807, 2.05) is 0 Å². The van der Waals surface area contributed by atoms with Crippen LogP contribution >= 0.6 is 11.8 Å². The number of thioether (sulfide) groups is 1. The molecule has 7 nitrogen and oxygen atoms in total. The third-order valence-corrected chi connectivity index (χ3v) is 7.67. The van der Waals surface area contributed by atoms with Gasteiger partial charge in [-0.1, -0.05) is 12.5 Å². The van der Waals surface area contributed by atoms with Crippen molar-refractivity contribution in [2.75, 3.05) is 32.5 Å². The molecule has 1 heterocycles. The van der Waals surface area contributed by atoms with Crippen LogP contribution in [0.2, 0.25) is 0 Å². The molecule has 0 bridgehead atoms. The first-order valence-corrected chi connectivity index (χ1v) is 11.9. The summed E-state index contributed by atoms with van der Waals surface area (Å²) >= 11 is 1.10. The minimum absolute atomic E-state index is 0.0847. The van der Waals surface area contributed by atoms with E-state index in [9.17, 15) is 18.0 Å². The number of amides is 2. The summed E-state index contributed by atoms with van der Waals surface area (Å²) in [6.45, 7) is 1.03. The number of carbonyl (C=O) groups is 2. The number of piperidine rings is 1. The minimum Gasteiger partial charge on any atom is -0.339 e. The van der Waals surface area contributed by atoms with E-state index in [4.69, 9.17) is 0 Å². The fourth-order valence-electron chi connectivity index (χ4n) is 3.05. The van der Waals surface area contributed by atoms with Crippen LogP contribution in [0.3, 0.4) is 0 Å². The smallest absolute Gasteiger partial charge is 0.285 e. The lowest BCUT2D eigenvalue weighted by Crippen LogP contribution is -2.35. The Bertz CT molecular complexity index is 1010. The molecule has 2 aromatic carbocycles. The normalized spacial score (nSPS) is 14.9.